The molecule has 0 aliphatic carbocycles. The van der Waals surface area contributed by atoms with Gasteiger partial charge in [0.25, 0.3) is 0 Å². The van der Waals surface area contributed by atoms with Crippen LogP contribution in [0.1, 0.15) is 0 Å². The fraction of sp³-hybridized carbons (Fsp3) is 0.167. The average molecular weight is 345 g/mol. The van der Waals surface area contributed by atoms with E-state index in [4.69, 9.17) is 21.1 Å². The normalized spacial score (nSPS) is 10.1. The summed E-state index contributed by atoms with van der Waals surface area (Å²) in [6, 6.07) is 5.43. The van der Waals surface area contributed by atoms with Crippen molar-refractivity contribution in [1.29, 1.82) is 0 Å². The minimum atomic E-state index is 0.167. The maximum atomic E-state index is 5.77. The summed E-state index contributed by atoms with van der Waals surface area (Å²) in [6.45, 7) is 0. The van der Waals surface area contributed by atoms with Gasteiger partial charge in [0.15, 0.2) is 0 Å². The predicted octanol–water partition coefficient (Wildman–Crippen LogP) is 3.65. The molecule has 0 spiro atoms. The predicted molar refractivity (Wildman–Crippen MR) is 77.6 cm³/mol. The van der Waals surface area contributed by atoms with E-state index in [1.54, 1.807) is 26.5 Å². The Morgan fingerprint density at radius 2 is 1.79 bits per heavy atom. The minimum absolute atomic E-state index is 0.167. The molecule has 0 unspecified atom stereocenters. The van der Waals surface area contributed by atoms with Crippen molar-refractivity contribution in [3.05, 3.63) is 34.2 Å². The fourth-order valence-electron chi connectivity index (χ4n) is 1.45. The van der Waals surface area contributed by atoms with Crippen LogP contribution >= 0.6 is 27.5 Å². The molecule has 0 bridgehead atoms. The topological polar surface area (TPSA) is 56.3 Å². The molecule has 1 aromatic heterocycles. The number of hydrogen-bond donors (Lipinski definition) is 1. The molecule has 0 atom stereocenters. The second kappa shape index (κ2) is 6.08. The van der Waals surface area contributed by atoms with Gasteiger partial charge in [-0.1, -0.05) is 0 Å². The molecular formula is C12H11BrClN3O2. The van der Waals surface area contributed by atoms with E-state index in [1.807, 2.05) is 12.1 Å². The Labute approximate surface area is 124 Å². The largest absolute Gasteiger partial charge is 0.497 e. The van der Waals surface area contributed by atoms with Crippen LogP contribution in [0.5, 0.6) is 11.5 Å². The van der Waals surface area contributed by atoms with Gasteiger partial charge in [0, 0.05) is 30.1 Å². The summed E-state index contributed by atoms with van der Waals surface area (Å²) in [7, 11) is 3.19. The van der Waals surface area contributed by atoms with Gasteiger partial charge in [-0.25, -0.2) is 4.98 Å². The van der Waals surface area contributed by atoms with Gasteiger partial charge in [-0.15, -0.1) is 0 Å². The monoisotopic (exact) mass is 343 g/mol. The molecular weight excluding hydrogens is 334 g/mol. The van der Waals surface area contributed by atoms with Crippen LogP contribution < -0.4 is 14.8 Å². The van der Waals surface area contributed by atoms with E-state index in [0.29, 0.717) is 21.8 Å². The van der Waals surface area contributed by atoms with E-state index in [0.717, 1.165) is 5.69 Å². The zero-order valence-electron chi connectivity index (χ0n) is 10.3. The first-order valence-corrected chi connectivity index (χ1v) is 6.47. The Balaban J connectivity index is 2.34. The van der Waals surface area contributed by atoms with Gasteiger partial charge in [0.05, 0.1) is 18.7 Å². The standard InChI is InChI=1S/C12H11BrClN3O2/c1-18-8-3-7(4-9(5-8)19-2)16-11-10(13)6-15-12(14)17-11/h3-6H,1-2H3,(H,15,16,17). The molecule has 0 saturated carbocycles. The van der Waals surface area contributed by atoms with Crippen LogP contribution in [-0.2, 0) is 0 Å². The SMILES string of the molecule is COc1cc(Nc2nc(Cl)ncc2Br)cc(OC)c1. The van der Waals surface area contributed by atoms with Crippen molar-refractivity contribution in [1.82, 2.24) is 9.97 Å². The lowest BCUT2D eigenvalue weighted by Gasteiger charge is -2.11. The first-order chi connectivity index (χ1) is 9.12. The third kappa shape index (κ3) is 3.48. The Hall–Kier alpha value is -1.53. The molecule has 0 aliphatic rings. The van der Waals surface area contributed by atoms with Gasteiger partial charge in [-0.2, -0.15) is 4.98 Å². The molecule has 1 heterocycles. The van der Waals surface area contributed by atoms with Crippen molar-refractivity contribution in [3.8, 4) is 11.5 Å². The van der Waals surface area contributed by atoms with Gasteiger partial charge < -0.3 is 14.8 Å². The molecule has 0 radical (unpaired) electrons. The van der Waals surface area contributed by atoms with Crippen molar-refractivity contribution < 1.29 is 9.47 Å². The van der Waals surface area contributed by atoms with Crippen LogP contribution in [0.4, 0.5) is 11.5 Å². The van der Waals surface area contributed by atoms with E-state index >= 15 is 0 Å². The number of benzene rings is 1. The molecule has 0 aliphatic heterocycles. The second-order valence-electron chi connectivity index (χ2n) is 3.56. The lowest BCUT2D eigenvalue weighted by atomic mass is 10.2. The quantitative estimate of drug-likeness (QED) is 0.858. The summed E-state index contributed by atoms with van der Waals surface area (Å²) >= 11 is 9.12. The van der Waals surface area contributed by atoms with Crippen molar-refractivity contribution in [2.75, 3.05) is 19.5 Å². The number of ether oxygens (including phenoxy) is 2. The fourth-order valence-corrected chi connectivity index (χ4v) is 1.87. The smallest absolute Gasteiger partial charge is 0.224 e. The molecule has 7 heteroatoms. The molecule has 2 rings (SSSR count). The molecule has 1 aromatic carbocycles. The summed E-state index contributed by atoms with van der Waals surface area (Å²) in [4.78, 5) is 7.96. The third-order valence-corrected chi connectivity index (χ3v) is 3.09. The third-order valence-electron chi connectivity index (χ3n) is 2.33. The first-order valence-electron chi connectivity index (χ1n) is 5.30. The van der Waals surface area contributed by atoms with Crippen LogP contribution in [-0.4, -0.2) is 24.2 Å². The summed E-state index contributed by atoms with van der Waals surface area (Å²) in [6.07, 6.45) is 1.58. The van der Waals surface area contributed by atoms with Gasteiger partial charge in [0.1, 0.15) is 17.3 Å². The van der Waals surface area contributed by atoms with Gasteiger partial charge in [0.2, 0.25) is 5.28 Å². The number of nitrogens with zero attached hydrogens (tertiary/aromatic N) is 2. The number of rotatable bonds is 4. The Bertz CT molecular complexity index is 573. The average Bonchev–Trinajstić information content (AvgIpc) is 2.42. The molecule has 0 saturated heterocycles. The van der Waals surface area contributed by atoms with E-state index in [9.17, 15) is 0 Å². The highest BCUT2D eigenvalue weighted by Crippen LogP contribution is 2.30. The molecule has 0 amide bonds. The number of aromatic nitrogens is 2. The molecule has 100 valence electrons. The second-order valence-corrected chi connectivity index (χ2v) is 4.75. The number of methoxy groups -OCH3 is 2. The molecule has 19 heavy (non-hydrogen) atoms. The van der Waals surface area contributed by atoms with Crippen LogP contribution in [0.2, 0.25) is 5.28 Å². The number of anilines is 2. The number of nitrogens with one attached hydrogen (secondary N) is 1. The summed E-state index contributed by atoms with van der Waals surface area (Å²) in [5, 5.41) is 3.29. The van der Waals surface area contributed by atoms with E-state index < -0.39 is 0 Å². The summed E-state index contributed by atoms with van der Waals surface area (Å²) in [5.74, 6) is 1.92. The van der Waals surface area contributed by atoms with E-state index in [-0.39, 0.29) is 5.28 Å². The Morgan fingerprint density at radius 1 is 1.16 bits per heavy atom. The van der Waals surface area contributed by atoms with Crippen LogP contribution in [0.25, 0.3) is 0 Å². The van der Waals surface area contributed by atoms with Crippen molar-refractivity contribution in [3.63, 3.8) is 0 Å². The van der Waals surface area contributed by atoms with E-state index in [2.05, 4.69) is 31.2 Å². The highest BCUT2D eigenvalue weighted by atomic mass is 79.9. The van der Waals surface area contributed by atoms with Gasteiger partial charge in [-0.3, -0.25) is 0 Å². The maximum Gasteiger partial charge on any atom is 0.224 e. The number of halogens is 2. The minimum Gasteiger partial charge on any atom is -0.497 e. The first kappa shape index (κ1) is 13.9. The molecule has 2 aromatic rings. The zero-order chi connectivity index (χ0) is 13.8. The highest BCUT2D eigenvalue weighted by Gasteiger charge is 2.07. The lowest BCUT2D eigenvalue weighted by Crippen LogP contribution is -1.97. The number of hydrogen-bond acceptors (Lipinski definition) is 5. The van der Waals surface area contributed by atoms with Crippen LogP contribution in [0.15, 0.2) is 28.9 Å². The van der Waals surface area contributed by atoms with Gasteiger partial charge in [-0.05, 0) is 27.5 Å². The molecule has 1 N–H and O–H groups in total. The summed E-state index contributed by atoms with van der Waals surface area (Å²) < 4.78 is 11.1. The maximum absolute atomic E-state index is 5.77. The van der Waals surface area contributed by atoms with E-state index in [1.165, 1.54) is 0 Å². The van der Waals surface area contributed by atoms with Crippen molar-refractivity contribution in [2.45, 2.75) is 0 Å². The summed E-state index contributed by atoms with van der Waals surface area (Å²) in [5.41, 5.74) is 0.770. The van der Waals surface area contributed by atoms with Crippen molar-refractivity contribution >= 4 is 39.0 Å². The molecule has 0 fully saturated rings. The molecule has 5 nitrogen and oxygen atoms in total. The van der Waals surface area contributed by atoms with Crippen molar-refractivity contribution in [2.24, 2.45) is 0 Å². The van der Waals surface area contributed by atoms with Gasteiger partial charge >= 0.3 is 0 Å². The zero-order valence-corrected chi connectivity index (χ0v) is 12.6. The highest BCUT2D eigenvalue weighted by molar-refractivity contribution is 9.10. The van der Waals surface area contributed by atoms with Crippen LogP contribution in [0, 0.1) is 0 Å². The Morgan fingerprint density at radius 3 is 2.37 bits per heavy atom. The van der Waals surface area contributed by atoms with Crippen LogP contribution in [0.3, 0.4) is 0 Å². The lowest BCUT2D eigenvalue weighted by molar-refractivity contribution is 0.395. The Kier molecular flexibility index (Phi) is 4.44.